The lowest BCUT2D eigenvalue weighted by molar-refractivity contribution is -0.124. The number of aromatic nitrogens is 1. The van der Waals surface area contributed by atoms with Gasteiger partial charge in [0.25, 0.3) is 5.91 Å². The van der Waals surface area contributed by atoms with Crippen molar-refractivity contribution >= 4 is 29.2 Å². The summed E-state index contributed by atoms with van der Waals surface area (Å²) in [7, 11) is 0. The van der Waals surface area contributed by atoms with E-state index in [-0.39, 0.29) is 29.3 Å². The van der Waals surface area contributed by atoms with Crippen LogP contribution in [0, 0.1) is 0 Å². The van der Waals surface area contributed by atoms with Gasteiger partial charge >= 0.3 is 0 Å². The summed E-state index contributed by atoms with van der Waals surface area (Å²) in [4.78, 5) is 32.5. The van der Waals surface area contributed by atoms with Gasteiger partial charge in [-0.2, -0.15) is 0 Å². The summed E-state index contributed by atoms with van der Waals surface area (Å²) in [6.07, 6.45) is 7.53. The smallest absolute Gasteiger partial charge is 0.253 e. The first-order valence-corrected chi connectivity index (χ1v) is 12.4. The van der Waals surface area contributed by atoms with Gasteiger partial charge in [-0.05, 0) is 82.2 Å². The molecule has 7 heteroatoms. The van der Waals surface area contributed by atoms with Gasteiger partial charge in [0.15, 0.2) is 0 Å². The number of pyridine rings is 1. The van der Waals surface area contributed by atoms with Gasteiger partial charge in [-0.15, -0.1) is 0 Å². The lowest BCUT2D eigenvalue weighted by atomic mass is 9.92. The minimum Gasteiger partial charge on any atom is -0.352 e. The number of nitrogens with zero attached hydrogens (tertiary/aromatic N) is 2. The van der Waals surface area contributed by atoms with Crippen LogP contribution in [0.5, 0.6) is 0 Å². The number of piperidine rings is 1. The predicted octanol–water partition coefficient (Wildman–Crippen LogP) is 4.22. The Labute approximate surface area is 200 Å². The third-order valence-electron chi connectivity index (χ3n) is 7.34. The lowest BCUT2D eigenvalue weighted by Crippen LogP contribution is -2.52. The van der Waals surface area contributed by atoms with Crippen LogP contribution >= 0.6 is 11.6 Å². The van der Waals surface area contributed by atoms with Crippen LogP contribution in [0.15, 0.2) is 42.6 Å². The quantitative estimate of drug-likeness (QED) is 0.668. The average Bonchev–Trinajstić information content (AvgIpc) is 3.55. The predicted molar refractivity (Wildman–Crippen MR) is 130 cm³/mol. The zero-order chi connectivity index (χ0) is 23.2. The monoisotopic (exact) mass is 466 g/mol. The van der Waals surface area contributed by atoms with Crippen molar-refractivity contribution in [2.75, 3.05) is 4.90 Å². The van der Waals surface area contributed by atoms with Crippen molar-refractivity contribution < 1.29 is 9.59 Å². The number of carbonyl (C=O) groups excluding carboxylic acids is 2. The van der Waals surface area contributed by atoms with E-state index in [1.807, 2.05) is 50.2 Å². The van der Waals surface area contributed by atoms with Gasteiger partial charge in [0, 0.05) is 35.4 Å². The highest BCUT2D eigenvalue weighted by atomic mass is 35.5. The van der Waals surface area contributed by atoms with Gasteiger partial charge in [-0.25, -0.2) is 4.98 Å². The molecule has 2 amide bonds. The normalized spacial score (nSPS) is 25.1. The molecule has 1 aromatic carbocycles. The second kappa shape index (κ2) is 8.64. The molecule has 33 heavy (non-hydrogen) atoms. The fraction of sp³-hybridized carbons (Fsp3) is 0.500. The van der Waals surface area contributed by atoms with Gasteiger partial charge in [-0.1, -0.05) is 23.7 Å². The van der Waals surface area contributed by atoms with E-state index in [2.05, 4.69) is 20.5 Å². The van der Waals surface area contributed by atoms with Crippen LogP contribution in [0.1, 0.15) is 68.3 Å². The molecule has 3 heterocycles. The summed E-state index contributed by atoms with van der Waals surface area (Å²) in [5.74, 6) is 0.984. The Kier molecular flexibility index (Phi) is 5.81. The SMILES string of the molecule is CC(C)NC(=O)c1ccc(N2[C@@H]3CC[C@H]2CC(NC(=O)C2(c4ccc(Cl)cc4)CC2)C3)nc1. The van der Waals surface area contributed by atoms with E-state index >= 15 is 0 Å². The zero-order valence-corrected chi connectivity index (χ0v) is 19.9. The molecule has 1 aromatic heterocycles. The van der Waals surface area contributed by atoms with E-state index in [1.54, 1.807) is 6.20 Å². The molecule has 2 bridgehead atoms. The van der Waals surface area contributed by atoms with Gasteiger partial charge in [-0.3, -0.25) is 9.59 Å². The van der Waals surface area contributed by atoms with Crippen LogP contribution in [0.2, 0.25) is 5.02 Å². The van der Waals surface area contributed by atoms with Crippen molar-refractivity contribution in [3.05, 3.63) is 58.7 Å². The van der Waals surface area contributed by atoms with Gasteiger partial charge < -0.3 is 15.5 Å². The summed E-state index contributed by atoms with van der Waals surface area (Å²) in [6.45, 7) is 3.89. The third kappa shape index (κ3) is 4.33. The second-order valence-electron chi connectivity index (χ2n) is 10.1. The summed E-state index contributed by atoms with van der Waals surface area (Å²) in [6, 6.07) is 12.5. The molecule has 2 saturated heterocycles. The minimum absolute atomic E-state index is 0.0942. The fourth-order valence-electron chi connectivity index (χ4n) is 5.55. The molecule has 3 atom stereocenters. The first-order chi connectivity index (χ1) is 15.9. The molecule has 6 nitrogen and oxygen atoms in total. The maximum atomic E-state index is 13.2. The summed E-state index contributed by atoms with van der Waals surface area (Å²) < 4.78 is 0. The second-order valence-corrected chi connectivity index (χ2v) is 10.5. The number of rotatable bonds is 6. The van der Waals surface area contributed by atoms with E-state index in [1.165, 1.54) is 0 Å². The molecule has 3 aliphatic rings. The highest BCUT2D eigenvalue weighted by Gasteiger charge is 2.52. The summed E-state index contributed by atoms with van der Waals surface area (Å²) in [5, 5.41) is 6.98. The number of halogens is 1. The number of hydrogen-bond donors (Lipinski definition) is 2. The Morgan fingerprint density at radius 1 is 1.06 bits per heavy atom. The van der Waals surface area contributed by atoms with Gasteiger partial charge in [0.05, 0.1) is 11.0 Å². The van der Waals surface area contributed by atoms with Crippen LogP contribution in [0.4, 0.5) is 5.82 Å². The first-order valence-electron chi connectivity index (χ1n) is 12.0. The number of anilines is 1. The standard InChI is InChI=1S/C26H31ClN4O2/c1-16(2)29-24(32)17-3-10-23(28-15-17)31-21-8-9-22(31)14-20(13-21)30-25(33)26(11-12-26)18-4-6-19(27)7-5-18/h3-7,10,15-16,20-22H,8-9,11-14H2,1-2H3,(H,29,32)(H,30,33)/t20?,21-,22+. The van der Waals surface area contributed by atoms with E-state index in [0.717, 1.165) is 49.9 Å². The first kappa shape index (κ1) is 22.2. The Bertz CT molecular complexity index is 1020. The van der Waals surface area contributed by atoms with Gasteiger partial charge in [0.2, 0.25) is 5.91 Å². The van der Waals surface area contributed by atoms with Gasteiger partial charge in [0.1, 0.15) is 5.82 Å². The molecule has 3 fully saturated rings. The number of benzene rings is 1. The fourth-order valence-corrected chi connectivity index (χ4v) is 5.68. The molecule has 1 unspecified atom stereocenters. The summed E-state index contributed by atoms with van der Waals surface area (Å²) in [5.41, 5.74) is 1.27. The van der Waals surface area contributed by atoms with Crippen molar-refractivity contribution in [3.8, 4) is 0 Å². The van der Waals surface area contributed by atoms with Crippen molar-refractivity contribution in [1.82, 2.24) is 15.6 Å². The number of nitrogens with one attached hydrogen (secondary N) is 2. The Balaban J connectivity index is 1.23. The number of hydrogen-bond acceptors (Lipinski definition) is 4. The van der Waals surface area contributed by atoms with Crippen molar-refractivity contribution in [1.29, 1.82) is 0 Å². The lowest BCUT2D eigenvalue weighted by Gasteiger charge is -2.40. The van der Waals surface area contributed by atoms with Crippen molar-refractivity contribution in [2.24, 2.45) is 0 Å². The number of carbonyl (C=O) groups is 2. The highest BCUT2D eigenvalue weighted by Crippen LogP contribution is 2.49. The van der Waals surface area contributed by atoms with Crippen LogP contribution in [-0.2, 0) is 10.2 Å². The van der Waals surface area contributed by atoms with Crippen molar-refractivity contribution in [2.45, 2.75) is 82.0 Å². The maximum absolute atomic E-state index is 13.2. The third-order valence-corrected chi connectivity index (χ3v) is 7.60. The number of fused-ring (bicyclic) bond motifs is 2. The molecule has 1 saturated carbocycles. The molecule has 1 aliphatic carbocycles. The molecular weight excluding hydrogens is 436 g/mol. The Hall–Kier alpha value is -2.60. The molecule has 2 aromatic rings. The minimum atomic E-state index is -0.380. The van der Waals surface area contributed by atoms with E-state index in [0.29, 0.717) is 22.7 Å². The Morgan fingerprint density at radius 2 is 1.73 bits per heavy atom. The molecule has 2 aliphatic heterocycles. The molecule has 0 spiro atoms. The highest BCUT2D eigenvalue weighted by molar-refractivity contribution is 6.30. The van der Waals surface area contributed by atoms with Crippen molar-refractivity contribution in [3.63, 3.8) is 0 Å². The topological polar surface area (TPSA) is 74.3 Å². The number of amides is 2. The summed E-state index contributed by atoms with van der Waals surface area (Å²) >= 11 is 6.03. The van der Waals surface area contributed by atoms with E-state index in [4.69, 9.17) is 11.6 Å². The molecule has 174 valence electrons. The largest absolute Gasteiger partial charge is 0.352 e. The van der Waals surface area contributed by atoms with E-state index < -0.39 is 0 Å². The van der Waals surface area contributed by atoms with Crippen LogP contribution < -0.4 is 15.5 Å². The van der Waals surface area contributed by atoms with Crippen LogP contribution in [0.25, 0.3) is 0 Å². The average molecular weight is 467 g/mol. The molecule has 5 rings (SSSR count). The van der Waals surface area contributed by atoms with Crippen LogP contribution in [0.3, 0.4) is 0 Å². The maximum Gasteiger partial charge on any atom is 0.253 e. The molecular formula is C26H31ClN4O2. The molecule has 2 N–H and O–H groups in total. The molecule has 0 radical (unpaired) electrons. The van der Waals surface area contributed by atoms with Crippen LogP contribution in [-0.4, -0.2) is 41.0 Å². The Morgan fingerprint density at radius 3 is 2.27 bits per heavy atom. The zero-order valence-electron chi connectivity index (χ0n) is 19.2. The van der Waals surface area contributed by atoms with E-state index in [9.17, 15) is 9.59 Å².